The van der Waals surface area contributed by atoms with Gasteiger partial charge >= 0.3 is 0 Å². The predicted octanol–water partition coefficient (Wildman–Crippen LogP) is -0.127. The summed E-state index contributed by atoms with van der Waals surface area (Å²) in [6.45, 7) is 2.83. The van der Waals surface area contributed by atoms with Crippen LogP contribution in [-0.4, -0.2) is 73.8 Å². The first kappa shape index (κ1) is 16.5. The van der Waals surface area contributed by atoms with E-state index in [-0.39, 0.29) is 6.10 Å². The van der Waals surface area contributed by atoms with Crippen molar-refractivity contribution in [3.05, 3.63) is 36.2 Å². The van der Waals surface area contributed by atoms with Crippen molar-refractivity contribution in [3.8, 4) is 5.69 Å². The minimum atomic E-state index is -0.291. The number of nitrogens with zero attached hydrogens (tertiary/aromatic N) is 9. The first-order chi connectivity index (χ1) is 12.8. The number of hydrogen-bond donors (Lipinski definition) is 0. The highest BCUT2D eigenvalue weighted by Gasteiger charge is 2.29. The summed E-state index contributed by atoms with van der Waals surface area (Å²) in [5.74, 6) is 1.21. The third kappa shape index (κ3) is 3.39. The number of ether oxygens (including phenoxy) is 2. The number of tetrazole rings is 2. The van der Waals surface area contributed by atoms with E-state index in [9.17, 15) is 0 Å². The molecule has 11 nitrogen and oxygen atoms in total. The summed E-state index contributed by atoms with van der Waals surface area (Å²) < 4.78 is 12.6. The highest BCUT2D eigenvalue weighted by atomic mass is 16.5. The van der Waals surface area contributed by atoms with Gasteiger partial charge in [-0.1, -0.05) is 23.3 Å². The molecule has 1 unspecified atom stereocenters. The molecule has 1 aliphatic heterocycles. The van der Waals surface area contributed by atoms with Crippen molar-refractivity contribution in [3.63, 3.8) is 0 Å². The fourth-order valence-electron chi connectivity index (χ4n) is 2.76. The second kappa shape index (κ2) is 7.54. The monoisotopic (exact) mass is 357 g/mol. The van der Waals surface area contributed by atoms with Crippen molar-refractivity contribution in [1.29, 1.82) is 0 Å². The van der Waals surface area contributed by atoms with Gasteiger partial charge in [0.05, 0.1) is 32.0 Å². The Labute approximate surface area is 149 Å². The zero-order chi connectivity index (χ0) is 17.8. The molecule has 136 valence electrons. The molecule has 0 spiro atoms. The van der Waals surface area contributed by atoms with Crippen LogP contribution in [0.25, 0.3) is 5.69 Å². The maximum Gasteiger partial charge on any atom is 0.250 e. The molecule has 3 heterocycles. The lowest BCUT2D eigenvalue weighted by atomic mass is 10.2. The Balaban J connectivity index is 1.51. The molecular formula is C15H19N9O2. The van der Waals surface area contributed by atoms with Crippen LogP contribution in [0.15, 0.2) is 30.3 Å². The molecule has 26 heavy (non-hydrogen) atoms. The lowest BCUT2D eigenvalue weighted by Crippen LogP contribution is -2.40. The topological polar surface area (TPSA) is 109 Å². The van der Waals surface area contributed by atoms with Crippen LogP contribution < -0.4 is 4.90 Å². The number of hydrogen-bond acceptors (Lipinski definition) is 9. The van der Waals surface area contributed by atoms with Gasteiger partial charge in [0.2, 0.25) is 5.82 Å². The van der Waals surface area contributed by atoms with E-state index >= 15 is 0 Å². The zero-order valence-electron chi connectivity index (χ0n) is 14.3. The molecule has 0 N–H and O–H groups in total. The van der Waals surface area contributed by atoms with Crippen LogP contribution in [0.4, 0.5) is 5.95 Å². The van der Waals surface area contributed by atoms with Gasteiger partial charge in [-0.3, -0.25) is 0 Å². The molecule has 3 aromatic rings. The third-order valence-electron chi connectivity index (χ3n) is 4.05. The number of benzene rings is 1. The average molecular weight is 357 g/mol. The molecule has 4 rings (SSSR count). The molecule has 1 saturated heterocycles. The second-order valence-electron chi connectivity index (χ2n) is 5.77. The number of para-hydroxylation sites is 1. The van der Waals surface area contributed by atoms with Crippen molar-refractivity contribution in [2.24, 2.45) is 0 Å². The fourth-order valence-corrected chi connectivity index (χ4v) is 2.76. The summed E-state index contributed by atoms with van der Waals surface area (Å²) in [6.07, 6.45) is -0.291. The van der Waals surface area contributed by atoms with Crippen LogP contribution in [0.1, 0.15) is 11.9 Å². The zero-order valence-corrected chi connectivity index (χ0v) is 14.3. The Morgan fingerprint density at radius 3 is 2.92 bits per heavy atom. The summed E-state index contributed by atoms with van der Waals surface area (Å²) in [4.78, 5) is 3.58. The molecule has 1 aromatic carbocycles. The van der Waals surface area contributed by atoms with Crippen LogP contribution in [0.5, 0.6) is 0 Å². The van der Waals surface area contributed by atoms with Crippen molar-refractivity contribution >= 4 is 5.95 Å². The number of methoxy groups -OCH3 is 1. The van der Waals surface area contributed by atoms with Gasteiger partial charge in [-0.15, -0.1) is 10.2 Å². The van der Waals surface area contributed by atoms with Gasteiger partial charge < -0.3 is 14.4 Å². The van der Waals surface area contributed by atoms with Crippen molar-refractivity contribution in [1.82, 2.24) is 40.4 Å². The lowest BCUT2D eigenvalue weighted by Gasteiger charge is -2.31. The SMILES string of the molecule is COCCn1nnc(C2CN(c3nnnn3-c3ccccc3)CCO2)n1. The summed E-state index contributed by atoms with van der Waals surface area (Å²) in [5, 5.41) is 24.6. The number of rotatable bonds is 6. The predicted molar refractivity (Wildman–Crippen MR) is 89.8 cm³/mol. The molecular weight excluding hydrogens is 338 g/mol. The van der Waals surface area contributed by atoms with Gasteiger partial charge in [0.15, 0.2) is 0 Å². The van der Waals surface area contributed by atoms with Crippen LogP contribution >= 0.6 is 0 Å². The summed E-state index contributed by atoms with van der Waals surface area (Å²) >= 11 is 0. The molecule has 0 bridgehead atoms. The average Bonchev–Trinajstić information content (AvgIpc) is 3.37. The van der Waals surface area contributed by atoms with E-state index in [1.807, 2.05) is 30.3 Å². The van der Waals surface area contributed by atoms with Gasteiger partial charge in [-0.25, -0.2) is 0 Å². The minimum absolute atomic E-state index is 0.291. The Morgan fingerprint density at radius 1 is 1.19 bits per heavy atom. The highest BCUT2D eigenvalue weighted by Crippen LogP contribution is 2.23. The molecule has 1 aliphatic rings. The van der Waals surface area contributed by atoms with Crippen molar-refractivity contribution in [2.75, 3.05) is 38.3 Å². The van der Waals surface area contributed by atoms with Crippen molar-refractivity contribution in [2.45, 2.75) is 12.6 Å². The molecule has 11 heteroatoms. The van der Waals surface area contributed by atoms with Gasteiger partial charge in [0, 0.05) is 13.7 Å². The molecule has 0 radical (unpaired) electrons. The maximum atomic E-state index is 5.83. The van der Waals surface area contributed by atoms with Crippen LogP contribution in [0.3, 0.4) is 0 Å². The minimum Gasteiger partial charge on any atom is -0.383 e. The largest absolute Gasteiger partial charge is 0.383 e. The van der Waals surface area contributed by atoms with E-state index < -0.39 is 0 Å². The third-order valence-corrected chi connectivity index (χ3v) is 4.05. The van der Waals surface area contributed by atoms with E-state index in [4.69, 9.17) is 9.47 Å². The molecule has 1 atom stereocenters. The van der Waals surface area contributed by atoms with Gasteiger partial charge in [-0.2, -0.15) is 9.48 Å². The summed E-state index contributed by atoms with van der Waals surface area (Å²) in [5.41, 5.74) is 0.902. The van der Waals surface area contributed by atoms with Gasteiger partial charge in [0.25, 0.3) is 5.95 Å². The molecule has 0 saturated carbocycles. The molecule has 2 aromatic heterocycles. The number of anilines is 1. The van der Waals surface area contributed by atoms with E-state index in [1.165, 1.54) is 4.80 Å². The Morgan fingerprint density at radius 2 is 2.08 bits per heavy atom. The normalized spacial score (nSPS) is 17.6. The standard InChI is InChI=1S/C15H19N9O2/c1-25-9-8-23-18-14(16-20-23)13-11-22(7-10-26-13)15-17-19-21-24(15)12-5-3-2-4-6-12/h2-6,13H,7-11H2,1H3. The first-order valence-electron chi connectivity index (χ1n) is 8.32. The van der Waals surface area contributed by atoms with Gasteiger partial charge in [-0.05, 0) is 27.8 Å². The molecule has 0 amide bonds. The van der Waals surface area contributed by atoms with E-state index in [2.05, 4.69) is 35.8 Å². The lowest BCUT2D eigenvalue weighted by molar-refractivity contribution is 0.0330. The van der Waals surface area contributed by atoms with Gasteiger partial charge in [0.1, 0.15) is 6.10 Å². The highest BCUT2D eigenvalue weighted by molar-refractivity contribution is 5.41. The second-order valence-corrected chi connectivity index (χ2v) is 5.77. The van der Waals surface area contributed by atoms with Crippen LogP contribution in [-0.2, 0) is 16.0 Å². The quantitative estimate of drug-likeness (QED) is 0.596. The Bertz CT molecular complexity index is 835. The number of aromatic nitrogens is 8. The summed E-state index contributed by atoms with van der Waals surface area (Å²) in [7, 11) is 1.64. The maximum absolute atomic E-state index is 5.83. The van der Waals surface area contributed by atoms with E-state index in [0.717, 1.165) is 5.69 Å². The Kier molecular flexibility index (Phi) is 4.80. The smallest absolute Gasteiger partial charge is 0.250 e. The van der Waals surface area contributed by atoms with Crippen LogP contribution in [0.2, 0.25) is 0 Å². The number of morpholine rings is 1. The van der Waals surface area contributed by atoms with Crippen LogP contribution in [0, 0.1) is 0 Å². The fraction of sp³-hybridized carbons (Fsp3) is 0.467. The van der Waals surface area contributed by atoms with Crippen molar-refractivity contribution < 1.29 is 9.47 Å². The first-order valence-corrected chi connectivity index (χ1v) is 8.32. The van der Waals surface area contributed by atoms with E-state index in [1.54, 1.807) is 11.8 Å². The molecule has 0 aliphatic carbocycles. The Hall–Kier alpha value is -2.92. The molecule has 1 fully saturated rings. The summed E-state index contributed by atoms with van der Waals surface area (Å²) in [6, 6.07) is 9.77. The van der Waals surface area contributed by atoms with E-state index in [0.29, 0.717) is 44.6 Å².